The van der Waals surface area contributed by atoms with Gasteiger partial charge in [-0.1, -0.05) is 22.2 Å². The number of aliphatic hydroxyl groups is 1. The normalized spacial score (nSPS) is 18.2. The van der Waals surface area contributed by atoms with Gasteiger partial charge in [0.2, 0.25) is 0 Å². The predicted molar refractivity (Wildman–Crippen MR) is 200 cm³/mol. The molecule has 0 bridgehead atoms. The van der Waals surface area contributed by atoms with E-state index in [4.69, 9.17) is 19.8 Å². The van der Waals surface area contributed by atoms with E-state index < -0.39 is 77.8 Å². The third-order valence-electron chi connectivity index (χ3n) is 7.33. The maximum absolute atomic E-state index is 12.8. The Hall–Kier alpha value is -3.82. The van der Waals surface area contributed by atoms with E-state index in [9.17, 15) is 44.8 Å². The summed E-state index contributed by atoms with van der Waals surface area (Å²) in [6, 6.07) is 4.66. The first-order valence-corrected chi connectivity index (χ1v) is 21.4. The van der Waals surface area contributed by atoms with E-state index in [1.165, 1.54) is 30.4 Å². The van der Waals surface area contributed by atoms with Crippen LogP contribution in [-0.2, 0) is 70.4 Å². The Labute approximate surface area is 348 Å². The van der Waals surface area contributed by atoms with Gasteiger partial charge in [0.05, 0.1) is 77.2 Å². The molecule has 0 saturated carbocycles. The number of carbonyl (C=O) groups excluding carboxylic acids is 1. The van der Waals surface area contributed by atoms with E-state index in [1.807, 2.05) is 0 Å². The number of hydrogen-bond donors (Lipinski definition) is 9. The van der Waals surface area contributed by atoms with Gasteiger partial charge in [0.1, 0.15) is 22.9 Å². The topological polar surface area (TPSA) is 357 Å². The van der Waals surface area contributed by atoms with Crippen LogP contribution in [-0.4, -0.2) is 104 Å². The van der Waals surface area contributed by atoms with Gasteiger partial charge in [-0.2, -0.15) is 21.9 Å². The van der Waals surface area contributed by atoms with Crippen molar-refractivity contribution in [3.8, 4) is 11.5 Å². The summed E-state index contributed by atoms with van der Waals surface area (Å²) in [7, 11) is -12.7. The molecule has 0 spiro atoms. The van der Waals surface area contributed by atoms with Gasteiger partial charge in [-0.25, -0.2) is 32.9 Å². The summed E-state index contributed by atoms with van der Waals surface area (Å²) in [4.78, 5) is 17.1. The number of urea groups is 1. The molecule has 1 radical (unpaired) electrons. The number of fused-ring (bicyclic) bond motifs is 1. The average Bonchev–Trinajstić information content (AvgIpc) is 3.12. The number of nitrogens with zero attached hydrogens (tertiary/aromatic N) is 2. The number of rotatable bonds is 19. The first-order valence-electron chi connectivity index (χ1n) is 15.3. The Morgan fingerprint density at radius 2 is 1.64 bits per heavy atom. The number of methoxy groups -OCH3 is 1. The van der Waals surface area contributed by atoms with E-state index in [0.717, 1.165) is 19.2 Å². The third kappa shape index (κ3) is 14.2. The standard InChI is InChI=1S/C28H31N5O19S5.Cu/c1-47-27-21(31-28(36)29-6-8-55(39,40)9-7-48-57(44,45)46)13-18(56(41,42)43)14-22(27)32-33-26-19(30-20-11-16(53-51-49-37)3-5-23(20)34)4-2-15-10-17(54-52-50-38)12-24(35)25(15)26;/h2-5,10-15,25,32,34-35,37-38H,6-9H2,1H3,(H2,29,31,36)(H,41,42,43)(H,44,45,46);/b30-19?,33-26-;. The molecule has 0 aromatic heterocycles. The van der Waals surface area contributed by atoms with Crippen LogP contribution in [0.15, 0.2) is 85.2 Å². The molecule has 4 rings (SSSR count). The number of amides is 2. The van der Waals surface area contributed by atoms with E-state index in [1.54, 1.807) is 12.2 Å². The van der Waals surface area contributed by atoms with Crippen LogP contribution in [0.1, 0.15) is 0 Å². The monoisotopic (exact) mass is 964 g/mol. The number of nitrogens with one attached hydrogen (secondary N) is 3. The Morgan fingerprint density at radius 3 is 2.29 bits per heavy atom. The number of aromatic hydroxyl groups is 1. The molecule has 2 aliphatic rings. The minimum absolute atomic E-state index is 0. The summed E-state index contributed by atoms with van der Waals surface area (Å²) < 4.78 is 107. The summed E-state index contributed by atoms with van der Waals surface area (Å²) in [5.74, 6) is -4.08. The number of phenolic OH excluding ortho intramolecular Hbond substituents is 1. The van der Waals surface area contributed by atoms with E-state index in [0.29, 0.717) is 33.9 Å². The minimum Gasteiger partial charge on any atom is -0.512 e. The van der Waals surface area contributed by atoms with Crippen LogP contribution in [0.25, 0.3) is 0 Å². The Kier molecular flexibility index (Phi) is 17.9. The molecule has 0 fully saturated rings. The average molecular weight is 965 g/mol. The van der Waals surface area contributed by atoms with Crippen molar-refractivity contribution in [1.82, 2.24) is 5.32 Å². The Balaban J connectivity index is 0.00000900. The molecule has 0 heterocycles. The van der Waals surface area contributed by atoms with Crippen LogP contribution >= 0.6 is 24.1 Å². The number of aliphatic imine (C=N–C) groups is 1. The fourth-order valence-electron chi connectivity index (χ4n) is 4.98. The molecule has 30 heteroatoms. The van der Waals surface area contributed by atoms with Crippen LogP contribution in [0, 0.1) is 11.8 Å². The minimum atomic E-state index is -4.98. The second-order valence-electron chi connectivity index (χ2n) is 11.1. The molecule has 9 N–H and O–H groups in total. The number of phenols is 1. The van der Waals surface area contributed by atoms with Gasteiger partial charge in [0.25, 0.3) is 10.1 Å². The van der Waals surface area contributed by atoms with Crippen LogP contribution in [0.4, 0.5) is 21.9 Å². The van der Waals surface area contributed by atoms with Gasteiger partial charge in [-0.3, -0.25) is 14.5 Å². The van der Waals surface area contributed by atoms with Crippen LogP contribution in [0.3, 0.4) is 0 Å². The molecule has 0 aliphatic heterocycles. The summed E-state index contributed by atoms with van der Waals surface area (Å²) in [5.41, 5.74) is 1.89. The molecular formula is C28H31CuN5O19S5. The van der Waals surface area contributed by atoms with Crippen molar-refractivity contribution < 1.29 is 105 Å². The molecule has 0 saturated heterocycles. The van der Waals surface area contributed by atoms with Crippen molar-refractivity contribution >= 4 is 89.0 Å². The first-order chi connectivity index (χ1) is 26.8. The van der Waals surface area contributed by atoms with Gasteiger partial charge in [0, 0.05) is 39.3 Å². The zero-order valence-corrected chi connectivity index (χ0v) is 33.9. The quantitative estimate of drug-likeness (QED) is 0.0321. The van der Waals surface area contributed by atoms with Crippen molar-refractivity contribution in [2.75, 3.05) is 42.5 Å². The van der Waals surface area contributed by atoms with Crippen LogP contribution in [0.2, 0.25) is 0 Å². The van der Waals surface area contributed by atoms with Gasteiger partial charge in [0.15, 0.2) is 15.6 Å². The molecule has 2 aromatic carbocycles. The predicted octanol–water partition coefficient (Wildman–Crippen LogP) is 3.18. The van der Waals surface area contributed by atoms with Crippen molar-refractivity contribution in [2.24, 2.45) is 21.9 Å². The van der Waals surface area contributed by atoms with Gasteiger partial charge >= 0.3 is 16.4 Å². The summed E-state index contributed by atoms with van der Waals surface area (Å²) in [6.07, 6.45) is 5.95. The third-order valence-corrected chi connectivity index (χ3v) is 11.4. The number of ether oxygens (including phenoxy) is 1. The molecule has 2 aromatic rings. The Morgan fingerprint density at radius 1 is 0.948 bits per heavy atom. The number of carbonyl (C=O) groups is 1. The van der Waals surface area contributed by atoms with Crippen molar-refractivity contribution in [1.29, 1.82) is 0 Å². The van der Waals surface area contributed by atoms with Gasteiger partial charge < -0.3 is 25.6 Å². The molecular weight excluding hydrogens is 934 g/mol. The molecule has 2 aliphatic carbocycles. The summed E-state index contributed by atoms with van der Waals surface area (Å²) in [6.45, 7) is -1.41. The largest absolute Gasteiger partial charge is 0.512 e. The number of hydrogen-bond acceptors (Lipinski definition) is 22. The number of aliphatic hydroxyl groups excluding tert-OH is 1. The van der Waals surface area contributed by atoms with E-state index in [2.05, 4.69) is 49.1 Å². The molecule has 58 heavy (non-hydrogen) atoms. The SMILES string of the molecule is COc1c(N/N=C2/C(=Nc3cc(SOOO)ccc3O)C=CC3C=C(SOOO)C=C(O)C23)cc(S(=O)(=O)O)cc1NC(=O)NCCS(=O)(=O)CCOS(=O)(=O)O.[Cu]. The molecule has 24 nitrogen and oxygen atoms in total. The summed E-state index contributed by atoms with van der Waals surface area (Å²) >= 11 is 1.14. The number of hydrazone groups is 1. The van der Waals surface area contributed by atoms with Crippen molar-refractivity contribution in [3.05, 3.63) is 65.3 Å². The molecule has 2 atom stereocenters. The first kappa shape index (κ1) is 48.5. The maximum atomic E-state index is 12.8. The summed E-state index contributed by atoms with van der Waals surface area (Å²) in [5, 5.41) is 55.0. The van der Waals surface area contributed by atoms with Crippen molar-refractivity contribution in [3.63, 3.8) is 0 Å². The second kappa shape index (κ2) is 21.4. The Bertz CT molecular complexity index is 2320. The fourth-order valence-corrected chi connectivity index (χ4v) is 7.75. The fraction of sp³-hybridized carbons (Fsp3) is 0.250. The van der Waals surface area contributed by atoms with E-state index in [-0.39, 0.29) is 62.8 Å². The number of benzene rings is 2. The molecule has 323 valence electrons. The zero-order valence-electron chi connectivity index (χ0n) is 28.9. The molecule has 2 amide bonds. The van der Waals surface area contributed by atoms with Crippen molar-refractivity contribution in [2.45, 2.75) is 9.79 Å². The molecule has 2 unspecified atom stereocenters. The maximum Gasteiger partial charge on any atom is 0.397 e. The van der Waals surface area contributed by atoms with Crippen LogP contribution < -0.4 is 20.8 Å². The number of sulfone groups is 1. The van der Waals surface area contributed by atoms with Gasteiger partial charge in [-0.05, 0) is 42.5 Å². The zero-order chi connectivity index (χ0) is 42.0. The number of anilines is 2. The number of allylic oxidation sites excluding steroid dienone is 5. The second-order valence-corrected chi connectivity index (χ2v) is 17.4. The van der Waals surface area contributed by atoms with Crippen LogP contribution in [0.5, 0.6) is 11.5 Å². The smallest absolute Gasteiger partial charge is 0.397 e. The van der Waals surface area contributed by atoms with Gasteiger partial charge in [-0.15, -0.1) is 8.67 Å². The van der Waals surface area contributed by atoms with E-state index >= 15 is 0 Å².